The summed E-state index contributed by atoms with van der Waals surface area (Å²) in [6.45, 7) is 2.69. The Morgan fingerprint density at radius 2 is 2.07 bits per heavy atom. The van der Waals surface area contributed by atoms with E-state index in [2.05, 4.69) is 9.62 Å². The van der Waals surface area contributed by atoms with E-state index in [-0.39, 0.29) is 6.54 Å². The summed E-state index contributed by atoms with van der Waals surface area (Å²) < 4.78 is 22.5. The normalized spacial score (nSPS) is 23.3. The first-order chi connectivity index (χ1) is 6.68. The van der Waals surface area contributed by atoms with Gasteiger partial charge in [0, 0.05) is 24.4 Å². The van der Waals surface area contributed by atoms with Crippen LogP contribution in [0.5, 0.6) is 0 Å². The molecule has 2 N–H and O–H groups in total. The average molecular weight is 221 g/mol. The predicted molar refractivity (Wildman–Crippen MR) is 53.2 cm³/mol. The van der Waals surface area contributed by atoms with Crippen LogP contribution >= 0.6 is 0 Å². The molecular formula is C8H17N2O3S-. The molecule has 0 aromatic heterocycles. The fraction of sp³-hybridized carbons (Fsp3) is 1.00. The van der Waals surface area contributed by atoms with Crippen LogP contribution in [0.3, 0.4) is 0 Å². The topological polar surface area (TPSA) is 75.6 Å². The van der Waals surface area contributed by atoms with Gasteiger partial charge in [0.05, 0.1) is 6.10 Å². The number of β-amino-alcohol motifs (C(OH)–C–C–N with tert-alkyl or cyclic N) is 1. The number of piperidine rings is 1. The summed E-state index contributed by atoms with van der Waals surface area (Å²) in [6, 6.07) is 0. The van der Waals surface area contributed by atoms with Crippen molar-refractivity contribution in [1.29, 1.82) is 0 Å². The van der Waals surface area contributed by atoms with Crippen molar-refractivity contribution in [2.75, 3.05) is 26.2 Å². The summed E-state index contributed by atoms with van der Waals surface area (Å²) in [7, 11) is 0. The second-order valence-electron chi connectivity index (χ2n) is 3.60. The first-order valence-corrected chi connectivity index (χ1v) is 5.99. The van der Waals surface area contributed by atoms with Crippen LogP contribution < -0.4 is 4.72 Å². The van der Waals surface area contributed by atoms with Crippen LogP contribution in [-0.4, -0.2) is 51.1 Å². The largest absolute Gasteiger partial charge is 0.760 e. The van der Waals surface area contributed by atoms with Crippen LogP contribution in [0.25, 0.3) is 0 Å². The first kappa shape index (κ1) is 12.1. The van der Waals surface area contributed by atoms with Gasteiger partial charge in [0.1, 0.15) is 0 Å². The van der Waals surface area contributed by atoms with E-state index < -0.39 is 17.4 Å². The SMILES string of the molecule is O=S([O-])NCC(O)CN1CCCCC1. The summed E-state index contributed by atoms with van der Waals surface area (Å²) in [5.41, 5.74) is 0. The van der Waals surface area contributed by atoms with Crippen LogP contribution in [0.4, 0.5) is 0 Å². The molecule has 0 bridgehead atoms. The highest BCUT2D eigenvalue weighted by molar-refractivity contribution is 7.77. The molecule has 6 heteroatoms. The van der Waals surface area contributed by atoms with Crippen molar-refractivity contribution in [1.82, 2.24) is 9.62 Å². The molecule has 84 valence electrons. The molecule has 1 aliphatic heterocycles. The van der Waals surface area contributed by atoms with Crippen LogP contribution in [-0.2, 0) is 11.3 Å². The van der Waals surface area contributed by atoms with Crippen LogP contribution in [0.2, 0.25) is 0 Å². The highest BCUT2D eigenvalue weighted by Crippen LogP contribution is 2.08. The third-order valence-electron chi connectivity index (χ3n) is 2.35. The second-order valence-corrected chi connectivity index (χ2v) is 4.36. The zero-order chi connectivity index (χ0) is 10.4. The third-order valence-corrected chi connectivity index (χ3v) is 2.76. The summed E-state index contributed by atoms with van der Waals surface area (Å²) in [5, 5.41) is 9.47. The third kappa shape index (κ3) is 5.02. The molecule has 0 aliphatic carbocycles. The van der Waals surface area contributed by atoms with Gasteiger partial charge in [-0.15, -0.1) is 0 Å². The minimum Gasteiger partial charge on any atom is -0.760 e. The Morgan fingerprint density at radius 3 is 2.64 bits per heavy atom. The molecule has 14 heavy (non-hydrogen) atoms. The summed E-state index contributed by atoms with van der Waals surface area (Å²) in [5.74, 6) is 0. The lowest BCUT2D eigenvalue weighted by atomic mass is 10.1. The van der Waals surface area contributed by atoms with Gasteiger partial charge in [-0.1, -0.05) is 6.42 Å². The van der Waals surface area contributed by atoms with Gasteiger partial charge in [0.2, 0.25) is 0 Å². The lowest BCUT2D eigenvalue weighted by Crippen LogP contribution is -2.40. The molecular weight excluding hydrogens is 204 g/mol. The number of rotatable bonds is 5. The minimum atomic E-state index is -2.27. The molecule has 0 aromatic rings. The lowest BCUT2D eigenvalue weighted by molar-refractivity contribution is 0.104. The van der Waals surface area contributed by atoms with Crippen LogP contribution in [0.15, 0.2) is 0 Å². The standard InChI is InChI=1S/C8H18N2O3S/c11-8(6-9-14(12)13)7-10-4-2-1-3-5-10/h8-9,11H,1-7H2,(H,12,13)/p-1. The summed E-state index contributed by atoms with van der Waals surface area (Å²) >= 11 is -2.27. The van der Waals surface area contributed by atoms with Crippen molar-refractivity contribution in [3.63, 3.8) is 0 Å². The predicted octanol–water partition coefficient (Wildman–Crippen LogP) is -0.783. The molecule has 1 heterocycles. The highest BCUT2D eigenvalue weighted by atomic mass is 32.2. The zero-order valence-corrected chi connectivity index (χ0v) is 8.96. The van der Waals surface area contributed by atoms with Crippen molar-refractivity contribution in [2.24, 2.45) is 0 Å². The van der Waals surface area contributed by atoms with Gasteiger partial charge in [0.25, 0.3) is 0 Å². The van der Waals surface area contributed by atoms with Gasteiger partial charge < -0.3 is 14.6 Å². The Kier molecular flexibility index (Phi) is 5.57. The highest BCUT2D eigenvalue weighted by Gasteiger charge is 2.13. The number of nitrogens with zero attached hydrogens (tertiary/aromatic N) is 1. The van der Waals surface area contributed by atoms with Crippen LogP contribution in [0.1, 0.15) is 19.3 Å². The van der Waals surface area contributed by atoms with E-state index >= 15 is 0 Å². The monoisotopic (exact) mass is 221 g/mol. The molecule has 0 radical (unpaired) electrons. The minimum absolute atomic E-state index is 0.104. The van der Waals surface area contributed by atoms with Gasteiger partial charge in [-0.3, -0.25) is 4.21 Å². The molecule has 2 atom stereocenters. The van der Waals surface area contributed by atoms with E-state index in [1.54, 1.807) is 0 Å². The Morgan fingerprint density at radius 1 is 1.43 bits per heavy atom. The Bertz CT molecular complexity index is 185. The van der Waals surface area contributed by atoms with E-state index in [4.69, 9.17) is 0 Å². The Balaban J connectivity index is 2.11. The molecule has 2 unspecified atom stereocenters. The van der Waals surface area contributed by atoms with Gasteiger partial charge >= 0.3 is 0 Å². The molecule has 0 spiro atoms. The summed E-state index contributed by atoms with van der Waals surface area (Å²) in [6.07, 6.45) is 3.00. The van der Waals surface area contributed by atoms with Crippen molar-refractivity contribution < 1.29 is 13.9 Å². The smallest absolute Gasteiger partial charge is 0.0801 e. The fourth-order valence-corrected chi connectivity index (χ4v) is 2.00. The number of aliphatic hydroxyl groups is 1. The van der Waals surface area contributed by atoms with E-state index in [0.29, 0.717) is 6.54 Å². The molecule has 0 saturated carbocycles. The van der Waals surface area contributed by atoms with Crippen molar-refractivity contribution in [3.8, 4) is 0 Å². The van der Waals surface area contributed by atoms with Crippen molar-refractivity contribution in [2.45, 2.75) is 25.4 Å². The number of nitrogens with one attached hydrogen (secondary N) is 1. The average Bonchev–Trinajstić information content (AvgIpc) is 2.16. The van der Waals surface area contributed by atoms with Gasteiger partial charge in [-0.2, -0.15) is 0 Å². The first-order valence-electron chi connectivity index (χ1n) is 4.91. The van der Waals surface area contributed by atoms with Gasteiger partial charge in [0.15, 0.2) is 0 Å². The summed E-state index contributed by atoms with van der Waals surface area (Å²) in [4.78, 5) is 2.17. The molecule has 1 saturated heterocycles. The number of hydrogen-bond donors (Lipinski definition) is 2. The van der Waals surface area contributed by atoms with E-state index in [0.717, 1.165) is 13.1 Å². The van der Waals surface area contributed by atoms with E-state index in [1.807, 2.05) is 0 Å². The van der Waals surface area contributed by atoms with Crippen molar-refractivity contribution in [3.05, 3.63) is 0 Å². The molecule has 1 fully saturated rings. The second kappa shape index (κ2) is 6.47. The van der Waals surface area contributed by atoms with E-state index in [1.165, 1.54) is 19.3 Å². The maximum Gasteiger partial charge on any atom is 0.0801 e. The fourth-order valence-electron chi connectivity index (χ4n) is 1.67. The number of hydrogen-bond acceptors (Lipinski definition) is 4. The number of likely N-dealkylation sites (tertiary alicyclic amines) is 1. The van der Waals surface area contributed by atoms with Gasteiger partial charge in [-0.25, -0.2) is 4.72 Å². The number of aliphatic hydroxyl groups excluding tert-OH is 1. The van der Waals surface area contributed by atoms with Crippen molar-refractivity contribution >= 4 is 11.3 Å². The van der Waals surface area contributed by atoms with Crippen LogP contribution in [0, 0.1) is 0 Å². The Hall–Kier alpha value is -0.0100. The molecule has 0 amide bonds. The van der Waals surface area contributed by atoms with E-state index in [9.17, 15) is 13.9 Å². The molecule has 1 aliphatic rings. The maximum atomic E-state index is 10.2. The molecule has 5 nitrogen and oxygen atoms in total. The molecule has 0 aromatic carbocycles. The quantitative estimate of drug-likeness (QED) is 0.597. The zero-order valence-electron chi connectivity index (χ0n) is 8.15. The maximum absolute atomic E-state index is 10.2. The lowest BCUT2D eigenvalue weighted by Gasteiger charge is -2.28. The Labute approximate surface area is 86.9 Å². The van der Waals surface area contributed by atoms with Gasteiger partial charge in [-0.05, 0) is 25.9 Å². The molecule has 1 rings (SSSR count).